The van der Waals surface area contributed by atoms with Crippen molar-refractivity contribution in [1.82, 2.24) is 4.90 Å². The number of hydrogen-bond donors (Lipinski definition) is 0. The van der Waals surface area contributed by atoms with Crippen molar-refractivity contribution >= 4 is 11.9 Å². The molecule has 2 rings (SSSR count). The summed E-state index contributed by atoms with van der Waals surface area (Å²) in [6.07, 6.45) is 8.21. The lowest BCUT2D eigenvalue weighted by molar-refractivity contribution is -0.142. The maximum Gasteiger partial charge on any atom is 0.307 e. The first-order valence-corrected chi connectivity index (χ1v) is 9.53. The molecule has 0 spiro atoms. The number of carbonyl (C=O) groups is 2. The maximum atomic E-state index is 12.9. The minimum Gasteiger partial charge on any atom is -0.469 e. The summed E-state index contributed by atoms with van der Waals surface area (Å²) in [5, 5.41) is 0. The van der Waals surface area contributed by atoms with Gasteiger partial charge in [-0.1, -0.05) is 62.4 Å². The van der Waals surface area contributed by atoms with Crippen LogP contribution in [0.5, 0.6) is 0 Å². The first kappa shape index (κ1) is 19.5. The lowest BCUT2D eigenvalue weighted by Gasteiger charge is -2.30. The Morgan fingerprint density at radius 1 is 1.12 bits per heavy atom. The SMILES string of the molecule is COC(=O)CCN(C(=O)CCC1CCCCC1)C(C)c1ccccc1. The van der Waals surface area contributed by atoms with Gasteiger partial charge in [0.05, 0.1) is 19.6 Å². The first-order chi connectivity index (χ1) is 12.1. The molecular weight excluding hydrogens is 314 g/mol. The average Bonchev–Trinajstić information content (AvgIpc) is 2.67. The van der Waals surface area contributed by atoms with Crippen LogP contribution in [0.2, 0.25) is 0 Å². The molecule has 138 valence electrons. The molecule has 4 heteroatoms. The molecule has 1 atom stereocenters. The lowest BCUT2D eigenvalue weighted by Crippen LogP contribution is -2.35. The van der Waals surface area contributed by atoms with Crippen molar-refractivity contribution in [3.63, 3.8) is 0 Å². The van der Waals surface area contributed by atoms with Crippen LogP contribution in [-0.2, 0) is 14.3 Å². The Kier molecular flexibility index (Phi) is 7.96. The third-order valence-electron chi connectivity index (χ3n) is 5.35. The zero-order chi connectivity index (χ0) is 18.1. The van der Waals surface area contributed by atoms with E-state index in [9.17, 15) is 9.59 Å². The summed E-state index contributed by atoms with van der Waals surface area (Å²) >= 11 is 0. The fourth-order valence-corrected chi connectivity index (χ4v) is 3.71. The molecule has 0 bridgehead atoms. The third-order valence-corrected chi connectivity index (χ3v) is 5.35. The monoisotopic (exact) mass is 345 g/mol. The van der Waals surface area contributed by atoms with Gasteiger partial charge in [0.25, 0.3) is 0 Å². The molecule has 1 saturated carbocycles. The Hall–Kier alpha value is -1.84. The Labute approximate surface area is 151 Å². The fourth-order valence-electron chi connectivity index (χ4n) is 3.71. The minimum absolute atomic E-state index is 0.0373. The van der Waals surface area contributed by atoms with Crippen LogP contribution in [0.3, 0.4) is 0 Å². The van der Waals surface area contributed by atoms with Crippen molar-refractivity contribution < 1.29 is 14.3 Å². The van der Waals surface area contributed by atoms with Gasteiger partial charge in [-0.3, -0.25) is 9.59 Å². The summed E-state index contributed by atoms with van der Waals surface area (Å²) in [7, 11) is 1.39. The number of nitrogens with zero attached hydrogens (tertiary/aromatic N) is 1. The largest absolute Gasteiger partial charge is 0.469 e. The first-order valence-electron chi connectivity index (χ1n) is 9.53. The molecule has 0 aromatic heterocycles. The Balaban J connectivity index is 1.98. The van der Waals surface area contributed by atoms with Crippen LogP contribution < -0.4 is 0 Å². The van der Waals surface area contributed by atoms with E-state index in [0.717, 1.165) is 12.0 Å². The van der Waals surface area contributed by atoms with E-state index in [1.165, 1.54) is 39.2 Å². The quantitative estimate of drug-likeness (QED) is 0.652. The van der Waals surface area contributed by atoms with E-state index >= 15 is 0 Å². The molecule has 1 amide bonds. The predicted octanol–water partition coefficient (Wildman–Crippen LogP) is 4.50. The topological polar surface area (TPSA) is 46.6 Å². The normalized spacial score (nSPS) is 16.2. The average molecular weight is 345 g/mol. The molecule has 1 aliphatic rings. The van der Waals surface area contributed by atoms with Gasteiger partial charge in [0.15, 0.2) is 0 Å². The van der Waals surface area contributed by atoms with Crippen molar-refractivity contribution in [2.75, 3.05) is 13.7 Å². The molecule has 0 heterocycles. The number of esters is 1. The Morgan fingerprint density at radius 2 is 1.80 bits per heavy atom. The van der Waals surface area contributed by atoms with Crippen LogP contribution in [0.25, 0.3) is 0 Å². The lowest BCUT2D eigenvalue weighted by atomic mass is 9.86. The van der Waals surface area contributed by atoms with Crippen molar-refractivity contribution in [1.29, 1.82) is 0 Å². The predicted molar refractivity (Wildman–Crippen MR) is 99.0 cm³/mol. The zero-order valence-electron chi connectivity index (χ0n) is 15.6. The van der Waals surface area contributed by atoms with E-state index in [0.29, 0.717) is 18.9 Å². The Morgan fingerprint density at radius 3 is 2.44 bits per heavy atom. The number of benzene rings is 1. The second-order valence-electron chi connectivity index (χ2n) is 7.04. The number of methoxy groups -OCH3 is 1. The van der Waals surface area contributed by atoms with Gasteiger partial charge in [-0.15, -0.1) is 0 Å². The molecule has 1 aliphatic carbocycles. The molecule has 1 fully saturated rings. The van der Waals surface area contributed by atoms with Gasteiger partial charge >= 0.3 is 5.97 Å². The Bertz CT molecular complexity index is 537. The van der Waals surface area contributed by atoms with Crippen molar-refractivity contribution in [2.24, 2.45) is 5.92 Å². The van der Waals surface area contributed by atoms with Crippen molar-refractivity contribution in [3.8, 4) is 0 Å². The van der Waals surface area contributed by atoms with Gasteiger partial charge in [0, 0.05) is 13.0 Å². The number of ether oxygens (including phenoxy) is 1. The molecule has 1 aromatic carbocycles. The molecule has 25 heavy (non-hydrogen) atoms. The summed E-state index contributed by atoms with van der Waals surface area (Å²) in [6.45, 7) is 2.44. The van der Waals surface area contributed by atoms with Gasteiger partial charge in [-0.05, 0) is 24.8 Å². The van der Waals surface area contributed by atoms with Crippen LogP contribution in [0.4, 0.5) is 0 Å². The maximum absolute atomic E-state index is 12.9. The van der Waals surface area contributed by atoms with Gasteiger partial charge < -0.3 is 9.64 Å². The molecule has 4 nitrogen and oxygen atoms in total. The molecular formula is C21H31NO3. The number of amides is 1. The number of carbonyl (C=O) groups excluding carboxylic acids is 2. The summed E-state index contributed by atoms with van der Waals surface area (Å²) in [4.78, 5) is 26.3. The zero-order valence-corrected chi connectivity index (χ0v) is 15.6. The molecule has 0 saturated heterocycles. The highest BCUT2D eigenvalue weighted by Gasteiger charge is 2.23. The van der Waals surface area contributed by atoms with E-state index in [4.69, 9.17) is 4.74 Å². The van der Waals surface area contributed by atoms with Gasteiger partial charge in [-0.25, -0.2) is 0 Å². The smallest absolute Gasteiger partial charge is 0.307 e. The standard InChI is InChI=1S/C21H31NO3/c1-17(19-11-7-4-8-12-19)22(16-15-21(24)25-2)20(23)14-13-18-9-5-3-6-10-18/h4,7-8,11-12,17-18H,3,5-6,9-10,13-16H2,1-2H3. The second-order valence-corrected chi connectivity index (χ2v) is 7.04. The van der Waals surface area contributed by atoms with Crippen LogP contribution in [-0.4, -0.2) is 30.4 Å². The summed E-state index contributed by atoms with van der Waals surface area (Å²) in [6, 6.07) is 9.96. The highest BCUT2D eigenvalue weighted by molar-refractivity contribution is 5.77. The van der Waals surface area contributed by atoms with E-state index in [1.54, 1.807) is 0 Å². The number of hydrogen-bond acceptors (Lipinski definition) is 3. The van der Waals surface area contributed by atoms with Crippen molar-refractivity contribution in [2.45, 2.75) is 64.3 Å². The van der Waals surface area contributed by atoms with Gasteiger partial charge in [0.2, 0.25) is 5.91 Å². The van der Waals surface area contributed by atoms with Crippen LogP contribution in [0.15, 0.2) is 30.3 Å². The highest BCUT2D eigenvalue weighted by Crippen LogP contribution is 2.28. The fraction of sp³-hybridized carbons (Fsp3) is 0.619. The van der Waals surface area contributed by atoms with E-state index in [2.05, 4.69) is 0 Å². The minimum atomic E-state index is -0.273. The second kappa shape index (κ2) is 10.2. The molecule has 0 N–H and O–H groups in total. The third kappa shape index (κ3) is 6.18. The molecule has 0 radical (unpaired) electrons. The van der Waals surface area contributed by atoms with Crippen LogP contribution in [0.1, 0.15) is 69.9 Å². The highest BCUT2D eigenvalue weighted by atomic mass is 16.5. The molecule has 1 aromatic rings. The van der Waals surface area contributed by atoms with Crippen LogP contribution >= 0.6 is 0 Å². The van der Waals surface area contributed by atoms with Gasteiger partial charge in [-0.2, -0.15) is 0 Å². The summed E-state index contributed by atoms with van der Waals surface area (Å²) in [5.41, 5.74) is 1.10. The van der Waals surface area contributed by atoms with E-state index < -0.39 is 0 Å². The summed E-state index contributed by atoms with van der Waals surface area (Å²) in [5.74, 6) is 0.559. The van der Waals surface area contributed by atoms with Gasteiger partial charge in [0.1, 0.15) is 0 Å². The van der Waals surface area contributed by atoms with Crippen LogP contribution in [0, 0.1) is 5.92 Å². The molecule has 0 aliphatic heterocycles. The number of rotatable bonds is 8. The summed E-state index contributed by atoms with van der Waals surface area (Å²) < 4.78 is 4.74. The van der Waals surface area contributed by atoms with Crippen molar-refractivity contribution in [3.05, 3.63) is 35.9 Å². The van der Waals surface area contributed by atoms with E-state index in [-0.39, 0.29) is 24.3 Å². The van der Waals surface area contributed by atoms with E-state index in [1.807, 2.05) is 42.2 Å². The molecule has 1 unspecified atom stereocenters.